The minimum absolute atomic E-state index is 0. The van der Waals surface area contributed by atoms with Crippen molar-refractivity contribution in [3.63, 3.8) is 0 Å². The van der Waals surface area contributed by atoms with Gasteiger partial charge in [-0.1, -0.05) is 0 Å². The Kier molecular flexibility index (Phi) is 8.32. The number of nitrogens with one attached hydrogen (secondary N) is 1. The minimum atomic E-state index is -0.304. The minimum Gasteiger partial charge on any atom is -0.370 e. The number of rotatable bonds is 2. The van der Waals surface area contributed by atoms with Crippen LogP contribution >= 0.6 is 24.8 Å². The summed E-state index contributed by atoms with van der Waals surface area (Å²) in [5.41, 5.74) is 0. The van der Waals surface area contributed by atoms with Crippen molar-refractivity contribution in [3.8, 4) is 0 Å². The van der Waals surface area contributed by atoms with E-state index in [-0.39, 0.29) is 30.6 Å². The first kappa shape index (κ1) is 14.0. The maximum Gasteiger partial charge on any atom is 0.141 e. The van der Waals surface area contributed by atoms with E-state index in [9.17, 15) is 4.39 Å². The molecule has 0 aliphatic heterocycles. The lowest BCUT2D eigenvalue weighted by Crippen LogP contribution is -1.98. The van der Waals surface area contributed by atoms with Crippen LogP contribution in [0.15, 0.2) is 18.3 Å². The van der Waals surface area contributed by atoms with Crippen LogP contribution in [0.3, 0.4) is 0 Å². The molecule has 0 bridgehead atoms. The van der Waals surface area contributed by atoms with Crippen LogP contribution in [0.5, 0.6) is 0 Å². The van der Waals surface area contributed by atoms with Gasteiger partial charge in [0.05, 0.1) is 6.20 Å². The van der Waals surface area contributed by atoms with E-state index in [0.29, 0.717) is 5.82 Å². The Labute approximate surface area is 83.4 Å². The molecule has 1 aromatic rings. The van der Waals surface area contributed by atoms with Gasteiger partial charge in [-0.3, -0.25) is 0 Å². The lowest BCUT2D eigenvalue weighted by atomic mass is 10.4. The van der Waals surface area contributed by atoms with Gasteiger partial charge in [0.1, 0.15) is 11.6 Å². The SMILES string of the molecule is CCNc1ccc(F)cn1.Cl.Cl. The summed E-state index contributed by atoms with van der Waals surface area (Å²) in [5.74, 6) is 0.408. The Morgan fingerprint density at radius 3 is 2.50 bits per heavy atom. The fourth-order valence-corrected chi connectivity index (χ4v) is 0.662. The van der Waals surface area contributed by atoms with Gasteiger partial charge in [-0.2, -0.15) is 0 Å². The summed E-state index contributed by atoms with van der Waals surface area (Å²) in [6.07, 6.45) is 1.19. The van der Waals surface area contributed by atoms with Crippen molar-refractivity contribution < 1.29 is 4.39 Å². The van der Waals surface area contributed by atoms with Crippen molar-refractivity contribution in [2.45, 2.75) is 6.92 Å². The number of anilines is 1. The van der Waals surface area contributed by atoms with Crippen molar-refractivity contribution >= 4 is 30.6 Å². The molecule has 0 saturated carbocycles. The number of pyridine rings is 1. The van der Waals surface area contributed by atoms with E-state index in [4.69, 9.17) is 0 Å². The van der Waals surface area contributed by atoms with Gasteiger partial charge in [0.15, 0.2) is 0 Å². The lowest BCUT2D eigenvalue weighted by Gasteiger charge is -1.98. The second-order valence-corrected chi connectivity index (χ2v) is 1.89. The van der Waals surface area contributed by atoms with E-state index in [1.54, 1.807) is 6.07 Å². The van der Waals surface area contributed by atoms with E-state index in [1.807, 2.05) is 6.92 Å². The summed E-state index contributed by atoms with van der Waals surface area (Å²) in [7, 11) is 0. The molecule has 0 aromatic carbocycles. The van der Waals surface area contributed by atoms with E-state index < -0.39 is 0 Å². The van der Waals surface area contributed by atoms with Gasteiger partial charge in [0, 0.05) is 6.54 Å². The first-order valence-corrected chi connectivity index (χ1v) is 3.18. The molecule has 70 valence electrons. The van der Waals surface area contributed by atoms with E-state index in [0.717, 1.165) is 6.54 Å². The summed E-state index contributed by atoms with van der Waals surface area (Å²) < 4.78 is 12.2. The molecule has 0 unspecified atom stereocenters. The molecule has 5 heteroatoms. The van der Waals surface area contributed by atoms with Gasteiger partial charge < -0.3 is 5.32 Å². The summed E-state index contributed by atoms with van der Waals surface area (Å²) >= 11 is 0. The van der Waals surface area contributed by atoms with Crippen LogP contribution in [-0.2, 0) is 0 Å². The number of nitrogens with zero attached hydrogens (tertiary/aromatic N) is 1. The van der Waals surface area contributed by atoms with Crippen LogP contribution in [0, 0.1) is 5.82 Å². The fourth-order valence-electron chi connectivity index (χ4n) is 0.662. The van der Waals surface area contributed by atoms with Crippen molar-refractivity contribution in [1.82, 2.24) is 4.98 Å². The number of hydrogen-bond acceptors (Lipinski definition) is 2. The van der Waals surface area contributed by atoms with Crippen LogP contribution in [0.4, 0.5) is 10.2 Å². The number of halogens is 3. The second kappa shape index (κ2) is 7.13. The highest BCUT2D eigenvalue weighted by molar-refractivity contribution is 5.85. The first-order chi connectivity index (χ1) is 4.83. The third-order valence-electron chi connectivity index (χ3n) is 1.09. The third kappa shape index (κ3) is 4.36. The molecule has 1 rings (SSSR count). The van der Waals surface area contributed by atoms with Gasteiger partial charge in [-0.15, -0.1) is 24.8 Å². The van der Waals surface area contributed by atoms with Crippen molar-refractivity contribution in [1.29, 1.82) is 0 Å². The van der Waals surface area contributed by atoms with Gasteiger partial charge in [0.2, 0.25) is 0 Å². The highest BCUT2D eigenvalue weighted by atomic mass is 35.5. The molecule has 0 aliphatic carbocycles. The monoisotopic (exact) mass is 212 g/mol. The van der Waals surface area contributed by atoms with Gasteiger partial charge >= 0.3 is 0 Å². The average molecular weight is 213 g/mol. The Morgan fingerprint density at radius 2 is 2.08 bits per heavy atom. The molecule has 0 saturated heterocycles. The highest BCUT2D eigenvalue weighted by Gasteiger charge is 1.90. The van der Waals surface area contributed by atoms with Gasteiger partial charge in [-0.05, 0) is 19.1 Å². The van der Waals surface area contributed by atoms with Crippen LogP contribution in [-0.4, -0.2) is 11.5 Å². The predicted octanol–water partition coefficient (Wildman–Crippen LogP) is 2.50. The van der Waals surface area contributed by atoms with E-state index in [2.05, 4.69) is 10.3 Å². The molecule has 0 atom stereocenters. The van der Waals surface area contributed by atoms with Gasteiger partial charge in [0.25, 0.3) is 0 Å². The molecule has 2 nitrogen and oxygen atoms in total. The molecule has 0 amide bonds. The summed E-state index contributed by atoms with van der Waals surface area (Å²) in [6, 6.07) is 2.99. The van der Waals surface area contributed by atoms with Crippen LogP contribution in [0.25, 0.3) is 0 Å². The molecule has 1 aromatic heterocycles. The van der Waals surface area contributed by atoms with Crippen molar-refractivity contribution in [3.05, 3.63) is 24.1 Å². The molecule has 0 aliphatic rings. The van der Waals surface area contributed by atoms with Crippen LogP contribution < -0.4 is 5.32 Å². The molecule has 0 radical (unpaired) electrons. The second-order valence-electron chi connectivity index (χ2n) is 1.89. The topological polar surface area (TPSA) is 24.9 Å². The summed E-state index contributed by atoms with van der Waals surface area (Å²) in [6.45, 7) is 2.77. The molecule has 1 heterocycles. The first-order valence-electron chi connectivity index (χ1n) is 3.18. The molecule has 0 fully saturated rings. The third-order valence-corrected chi connectivity index (χ3v) is 1.09. The smallest absolute Gasteiger partial charge is 0.141 e. The normalized spacial score (nSPS) is 7.83. The Morgan fingerprint density at radius 1 is 1.42 bits per heavy atom. The Balaban J connectivity index is 0. The molecule has 12 heavy (non-hydrogen) atoms. The standard InChI is InChI=1S/C7H9FN2.2ClH/c1-2-9-7-4-3-6(8)5-10-7;;/h3-5H,2H2,1H3,(H,9,10);2*1H. The van der Waals surface area contributed by atoms with Crippen molar-refractivity contribution in [2.75, 3.05) is 11.9 Å². The average Bonchev–Trinajstić information content (AvgIpc) is 1.95. The number of aromatic nitrogens is 1. The largest absolute Gasteiger partial charge is 0.370 e. The zero-order valence-corrected chi connectivity index (χ0v) is 8.21. The zero-order valence-electron chi connectivity index (χ0n) is 6.58. The Bertz CT molecular complexity index is 203. The maximum atomic E-state index is 12.2. The number of hydrogen-bond donors (Lipinski definition) is 1. The van der Waals surface area contributed by atoms with Crippen LogP contribution in [0.2, 0.25) is 0 Å². The zero-order chi connectivity index (χ0) is 7.40. The van der Waals surface area contributed by atoms with Gasteiger partial charge in [-0.25, -0.2) is 9.37 Å². The van der Waals surface area contributed by atoms with E-state index >= 15 is 0 Å². The maximum absolute atomic E-state index is 12.2. The van der Waals surface area contributed by atoms with E-state index in [1.165, 1.54) is 12.3 Å². The highest BCUT2D eigenvalue weighted by Crippen LogP contribution is 2.01. The summed E-state index contributed by atoms with van der Waals surface area (Å²) in [5, 5.41) is 2.96. The quantitative estimate of drug-likeness (QED) is 0.816. The van der Waals surface area contributed by atoms with Crippen molar-refractivity contribution in [2.24, 2.45) is 0 Å². The predicted molar refractivity (Wildman–Crippen MR) is 52.9 cm³/mol. The lowest BCUT2D eigenvalue weighted by molar-refractivity contribution is 0.622. The molecule has 1 N–H and O–H groups in total. The molecule has 0 spiro atoms. The molecular weight excluding hydrogens is 202 g/mol. The summed E-state index contributed by atoms with van der Waals surface area (Å²) in [4.78, 5) is 3.78. The Hall–Kier alpha value is -0.540. The fraction of sp³-hybridized carbons (Fsp3) is 0.286. The van der Waals surface area contributed by atoms with Crippen LogP contribution in [0.1, 0.15) is 6.92 Å². The molecular formula is C7H11Cl2FN2.